The number of amides is 1. The average molecular weight is 397 g/mol. The third kappa shape index (κ3) is 3.72. The van der Waals surface area contributed by atoms with Crippen molar-refractivity contribution in [1.82, 2.24) is 0 Å². The summed E-state index contributed by atoms with van der Waals surface area (Å²) in [5.41, 5.74) is 2.77. The van der Waals surface area contributed by atoms with Gasteiger partial charge in [-0.05, 0) is 37.3 Å². The second kappa shape index (κ2) is 7.49. The first-order valence-corrected chi connectivity index (χ1v) is 8.59. The van der Waals surface area contributed by atoms with E-state index in [9.17, 15) is 4.79 Å². The molecule has 0 unspecified atom stereocenters. The van der Waals surface area contributed by atoms with Crippen LogP contribution in [0.15, 0.2) is 76.3 Å². The van der Waals surface area contributed by atoms with Crippen molar-refractivity contribution in [3.8, 4) is 5.75 Å². The molecule has 0 saturated carbocycles. The maximum atomic E-state index is 12.8. The Morgan fingerprint density at radius 1 is 1.24 bits per heavy atom. The van der Waals surface area contributed by atoms with Crippen molar-refractivity contribution in [2.24, 2.45) is 5.10 Å². The second-order valence-electron chi connectivity index (χ2n) is 5.48. The quantitative estimate of drug-likeness (QED) is 0.536. The number of benzene rings is 2. The molecule has 0 bridgehead atoms. The molecule has 0 radical (unpaired) electrons. The van der Waals surface area contributed by atoms with Gasteiger partial charge in [-0.2, -0.15) is 10.1 Å². The van der Waals surface area contributed by atoms with Crippen LogP contribution >= 0.6 is 15.9 Å². The summed E-state index contributed by atoms with van der Waals surface area (Å²) in [6.07, 6.45) is 3.50. The van der Waals surface area contributed by atoms with E-state index in [0.717, 1.165) is 15.7 Å². The van der Waals surface area contributed by atoms with Crippen LogP contribution in [0.3, 0.4) is 0 Å². The van der Waals surface area contributed by atoms with Crippen LogP contribution in [0.4, 0.5) is 5.69 Å². The molecule has 0 fully saturated rings. The molecular formula is C20H17BrN2O2. The van der Waals surface area contributed by atoms with Crippen LogP contribution in [0, 0.1) is 0 Å². The lowest BCUT2D eigenvalue weighted by atomic mass is 10.1. The molecule has 1 aliphatic heterocycles. The minimum atomic E-state index is -0.158. The number of halogens is 1. The zero-order valence-corrected chi connectivity index (χ0v) is 15.4. The number of hydrogen-bond acceptors (Lipinski definition) is 3. The standard InChI is InChI=1S/C20H17BrN2O2/c1-3-11-25-19-10-5-4-7-15(19)12-18-14(2)22-23(20(18)24)17-9-6-8-16(21)13-17/h3-10,12-13H,1,11H2,2H3/b18-12+. The van der Waals surface area contributed by atoms with Gasteiger partial charge in [-0.25, -0.2) is 0 Å². The molecule has 1 amide bonds. The fourth-order valence-corrected chi connectivity index (χ4v) is 2.89. The largest absolute Gasteiger partial charge is 0.489 e. The molecule has 0 saturated heterocycles. The Hall–Kier alpha value is -2.66. The van der Waals surface area contributed by atoms with Crippen molar-refractivity contribution >= 4 is 39.3 Å². The van der Waals surface area contributed by atoms with E-state index in [2.05, 4.69) is 27.6 Å². The predicted molar refractivity (Wildman–Crippen MR) is 105 cm³/mol. The van der Waals surface area contributed by atoms with Crippen LogP contribution in [0.25, 0.3) is 6.08 Å². The third-order valence-corrected chi connectivity index (χ3v) is 4.18. The van der Waals surface area contributed by atoms with Gasteiger partial charge < -0.3 is 4.74 Å². The minimum absolute atomic E-state index is 0.158. The van der Waals surface area contributed by atoms with Crippen LogP contribution in [-0.2, 0) is 4.79 Å². The SMILES string of the molecule is C=CCOc1ccccc1/C=C1/C(=O)N(c2cccc(Br)c2)N=C1C. The molecule has 0 aliphatic carbocycles. The lowest BCUT2D eigenvalue weighted by Gasteiger charge is -2.12. The molecule has 1 aliphatic rings. The molecule has 1 heterocycles. The first-order valence-electron chi connectivity index (χ1n) is 7.80. The number of carbonyl (C=O) groups excluding carboxylic acids is 1. The first kappa shape index (κ1) is 17.2. The van der Waals surface area contributed by atoms with Gasteiger partial charge in [-0.3, -0.25) is 4.79 Å². The Labute approximate surface area is 155 Å². The maximum Gasteiger partial charge on any atom is 0.280 e. The highest BCUT2D eigenvalue weighted by atomic mass is 79.9. The maximum absolute atomic E-state index is 12.8. The third-order valence-electron chi connectivity index (χ3n) is 3.69. The summed E-state index contributed by atoms with van der Waals surface area (Å²) >= 11 is 3.42. The molecule has 4 nitrogen and oxygen atoms in total. The fraction of sp³-hybridized carbons (Fsp3) is 0.100. The molecular weight excluding hydrogens is 380 g/mol. The molecule has 126 valence electrons. The summed E-state index contributed by atoms with van der Waals surface area (Å²) in [5.74, 6) is 0.547. The minimum Gasteiger partial charge on any atom is -0.489 e. The predicted octanol–water partition coefficient (Wildman–Crippen LogP) is 4.82. The molecule has 5 heteroatoms. The van der Waals surface area contributed by atoms with E-state index < -0.39 is 0 Å². The van der Waals surface area contributed by atoms with E-state index in [1.54, 1.807) is 6.08 Å². The Morgan fingerprint density at radius 2 is 2.04 bits per heavy atom. The monoisotopic (exact) mass is 396 g/mol. The normalized spacial score (nSPS) is 15.4. The topological polar surface area (TPSA) is 41.9 Å². The summed E-state index contributed by atoms with van der Waals surface area (Å²) in [7, 11) is 0. The van der Waals surface area contributed by atoms with Crippen LogP contribution in [0.5, 0.6) is 5.75 Å². The molecule has 2 aromatic rings. The van der Waals surface area contributed by atoms with Gasteiger partial charge in [0.05, 0.1) is 17.0 Å². The Balaban J connectivity index is 1.94. The van der Waals surface area contributed by atoms with E-state index in [-0.39, 0.29) is 5.91 Å². The van der Waals surface area contributed by atoms with Crippen LogP contribution in [0.1, 0.15) is 12.5 Å². The van der Waals surface area contributed by atoms with Gasteiger partial charge in [0, 0.05) is 10.0 Å². The number of rotatable bonds is 5. The van der Waals surface area contributed by atoms with Gasteiger partial charge in [-0.15, -0.1) is 0 Å². The number of ether oxygens (including phenoxy) is 1. The number of hydrogen-bond donors (Lipinski definition) is 0. The summed E-state index contributed by atoms with van der Waals surface area (Å²) < 4.78 is 6.56. The van der Waals surface area contributed by atoms with Gasteiger partial charge in [0.15, 0.2) is 0 Å². The smallest absolute Gasteiger partial charge is 0.280 e. The Morgan fingerprint density at radius 3 is 2.80 bits per heavy atom. The van der Waals surface area contributed by atoms with Gasteiger partial charge in [-0.1, -0.05) is 52.9 Å². The molecule has 0 spiro atoms. The molecule has 3 rings (SSSR count). The number of carbonyl (C=O) groups is 1. The first-order chi connectivity index (χ1) is 12.1. The molecule has 25 heavy (non-hydrogen) atoms. The van der Waals surface area contributed by atoms with Crippen LogP contribution in [-0.4, -0.2) is 18.2 Å². The van der Waals surface area contributed by atoms with Crippen LogP contribution < -0.4 is 9.75 Å². The Kier molecular flexibility index (Phi) is 5.14. The average Bonchev–Trinajstić information content (AvgIpc) is 2.89. The Bertz CT molecular complexity index is 887. The zero-order valence-electron chi connectivity index (χ0n) is 13.8. The van der Waals surface area contributed by atoms with E-state index in [1.807, 2.05) is 61.5 Å². The van der Waals surface area contributed by atoms with Crippen LogP contribution in [0.2, 0.25) is 0 Å². The van der Waals surface area contributed by atoms with E-state index in [1.165, 1.54) is 5.01 Å². The summed E-state index contributed by atoms with van der Waals surface area (Å²) in [4.78, 5) is 12.8. The number of hydrazone groups is 1. The van der Waals surface area contributed by atoms with Crippen molar-refractivity contribution in [1.29, 1.82) is 0 Å². The molecule has 0 aromatic heterocycles. The summed E-state index contributed by atoms with van der Waals surface area (Å²) in [6, 6.07) is 15.1. The highest BCUT2D eigenvalue weighted by Crippen LogP contribution is 2.29. The summed E-state index contributed by atoms with van der Waals surface area (Å²) in [6.45, 7) is 5.90. The molecule has 2 aromatic carbocycles. The fourth-order valence-electron chi connectivity index (χ4n) is 2.50. The summed E-state index contributed by atoms with van der Waals surface area (Å²) in [5, 5.41) is 5.82. The van der Waals surface area contributed by atoms with Crippen molar-refractivity contribution in [3.05, 3.63) is 76.8 Å². The highest BCUT2D eigenvalue weighted by Gasteiger charge is 2.29. The van der Waals surface area contributed by atoms with Crippen molar-refractivity contribution in [3.63, 3.8) is 0 Å². The van der Waals surface area contributed by atoms with Gasteiger partial charge in [0.2, 0.25) is 0 Å². The molecule has 0 N–H and O–H groups in total. The van der Waals surface area contributed by atoms with Gasteiger partial charge in [0.1, 0.15) is 12.4 Å². The van der Waals surface area contributed by atoms with Crippen molar-refractivity contribution in [2.45, 2.75) is 6.92 Å². The number of anilines is 1. The lowest BCUT2D eigenvalue weighted by Crippen LogP contribution is -2.21. The van der Waals surface area contributed by atoms with E-state index >= 15 is 0 Å². The zero-order chi connectivity index (χ0) is 17.8. The number of para-hydroxylation sites is 1. The molecule has 0 atom stereocenters. The van der Waals surface area contributed by atoms with Crippen molar-refractivity contribution < 1.29 is 9.53 Å². The lowest BCUT2D eigenvalue weighted by molar-refractivity contribution is -0.114. The van der Waals surface area contributed by atoms with E-state index in [0.29, 0.717) is 23.6 Å². The number of nitrogens with zero attached hydrogens (tertiary/aromatic N) is 2. The van der Waals surface area contributed by atoms with Gasteiger partial charge >= 0.3 is 0 Å². The van der Waals surface area contributed by atoms with Gasteiger partial charge in [0.25, 0.3) is 5.91 Å². The highest BCUT2D eigenvalue weighted by molar-refractivity contribution is 9.10. The second-order valence-corrected chi connectivity index (χ2v) is 6.39. The van der Waals surface area contributed by atoms with E-state index in [4.69, 9.17) is 4.74 Å². The van der Waals surface area contributed by atoms with Crippen molar-refractivity contribution in [2.75, 3.05) is 11.6 Å².